The maximum absolute atomic E-state index is 3.61. The number of nitrogens with one attached hydrogen (secondary N) is 1. The van der Waals surface area contributed by atoms with Gasteiger partial charge in [-0.1, -0.05) is 6.07 Å². The topological polar surface area (TPSA) is 15.3 Å². The van der Waals surface area contributed by atoms with Crippen LogP contribution in [-0.4, -0.2) is 31.6 Å². The molecule has 102 valence electrons. The molecular formula is C15H20N2S2. The summed E-state index contributed by atoms with van der Waals surface area (Å²) >= 11 is 3.68. The van der Waals surface area contributed by atoms with E-state index in [-0.39, 0.29) is 0 Å². The highest BCUT2D eigenvalue weighted by atomic mass is 32.1. The summed E-state index contributed by atoms with van der Waals surface area (Å²) in [4.78, 5) is 5.24. The van der Waals surface area contributed by atoms with E-state index in [0.717, 1.165) is 19.0 Å². The van der Waals surface area contributed by atoms with Crippen molar-refractivity contribution < 1.29 is 0 Å². The molecule has 0 radical (unpaired) electrons. The van der Waals surface area contributed by atoms with Crippen molar-refractivity contribution in [3.05, 3.63) is 33.8 Å². The molecule has 2 nitrogen and oxygen atoms in total. The molecule has 1 aliphatic heterocycles. The number of likely N-dealkylation sites (tertiary alicyclic amines) is 1. The number of thiophene rings is 2. The number of nitrogens with zero attached hydrogens (tertiary/aromatic N) is 1. The fourth-order valence-corrected chi connectivity index (χ4v) is 4.28. The van der Waals surface area contributed by atoms with E-state index < -0.39 is 0 Å². The second-order valence-electron chi connectivity index (χ2n) is 5.33. The Balaban J connectivity index is 1.48. The van der Waals surface area contributed by atoms with E-state index in [1.54, 1.807) is 0 Å². The van der Waals surface area contributed by atoms with Crippen molar-refractivity contribution >= 4 is 22.7 Å². The van der Waals surface area contributed by atoms with Crippen LogP contribution in [0.4, 0.5) is 0 Å². The Bertz CT molecular complexity index is 504. The summed E-state index contributed by atoms with van der Waals surface area (Å²) in [7, 11) is 2.21. The summed E-state index contributed by atoms with van der Waals surface area (Å²) in [5.41, 5.74) is 1.37. The molecule has 3 rings (SSSR count). The number of hydrogen-bond donors (Lipinski definition) is 1. The molecule has 0 saturated carbocycles. The molecule has 0 spiro atoms. The lowest BCUT2D eigenvalue weighted by molar-refractivity contribution is 0.388. The van der Waals surface area contributed by atoms with Gasteiger partial charge in [-0.15, -0.1) is 22.7 Å². The molecule has 1 saturated heterocycles. The standard InChI is InChI=1S/C15H20N2S2/c1-17-5-4-12(10-17)8-16-9-14-7-13(11-19-14)15-3-2-6-18-15/h2-3,6-7,11-12,16H,4-5,8-10H2,1H3. The highest BCUT2D eigenvalue weighted by molar-refractivity contribution is 7.14. The minimum absolute atomic E-state index is 0.835. The van der Waals surface area contributed by atoms with E-state index in [2.05, 4.69) is 46.2 Å². The number of rotatable bonds is 5. The zero-order valence-corrected chi connectivity index (χ0v) is 12.9. The predicted molar refractivity (Wildman–Crippen MR) is 84.9 cm³/mol. The Hall–Kier alpha value is -0.680. The first-order chi connectivity index (χ1) is 9.31. The molecule has 1 unspecified atom stereocenters. The van der Waals surface area contributed by atoms with Crippen molar-refractivity contribution in [3.8, 4) is 10.4 Å². The van der Waals surface area contributed by atoms with E-state index in [1.807, 2.05) is 22.7 Å². The van der Waals surface area contributed by atoms with Crippen molar-refractivity contribution in [1.29, 1.82) is 0 Å². The average Bonchev–Trinajstić information content (AvgIpc) is 3.09. The van der Waals surface area contributed by atoms with E-state index in [0.29, 0.717) is 0 Å². The lowest BCUT2D eigenvalue weighted by Gasteiger charge is -2.10. The molecule has 2 aromatic heterocycles. The van der Waals surface area contributed by atoms with Gasteiger partial charge in [-0.25, -0.2) is 0 Å². The van der Waals surface area contributed by atoms with Crippen LogP contribution in [0.1, 0.15) is 11.3 Å². The van der Waals surface area contributed by atoms with Gasteiger partial charge in [0.05, 0.1) is 0 Å². The average molecular weight is 292 g/mol. The van der Waals surface area contributed by atoms with Gasteiger partial charge in [-0.3, -0.25) is 0 Å². The molecule has 19 heavy (non-hydrogen) atoms. The molecule has 0 aromatic carbocycles. The third-order valence-corrected chi connectivity index (χ3v) is 5.54. The van der Waals surface area contributed by atoms with E-state index in [9.17, 15) is 0 Å². The van der Waals surface area contributed by atoms with Crippen LogP contribution in [0.2, 0.25) is 0 Å². The van der Waals surface area contributed by atoms with Gasteiger partial charge in [-0.2, -0.15) is 0 Å². The summed E-state index contributed by atoms with van der Waals surface area (Å²) in [5.74, 6) is 0.835. The van der Waals surface area contributed by atoms with Crippen molar-refractivity contribution in [2.24, 2.45) is 5.92 Å². The van der Waals surface area contributed by atoms with Crippen LogP contribution < -0.4 is 5.32 Å². The lowest BCUT2D eigenvalue weighted by atomic mass is 10.1. The second-order valence-corrected chi connectivity index (χ2v) is 7.27. The molecule has 4 heteroatoms. The summed E-state index contributed by atoms with van der Waals surface area (Å²) in [6.45, 7) is 4.67. The van der Waals surface area contributed by atoms with Crippen LogP contribution in [0.5, 0.6) is 0 Å². The maximum Gasteiger partial charge on any atom is 0.0351 e. The van der Waals surface area contributed by atoms with Crippen molar-refractivity contribution in [1.82, 2.24) is 10.2 Å². The van der Waals surface area contributed by atoms with Crippen molar-refractivity contribution in [2.45, 2.75) is 13.0 Å². The minimum atomic E-state index is 0.835. The summed E-state index contributed by atoms with van der Waals surface area (Å²) in [5, 5.41) is 8.02. The fraction of sp³-hybridized carbons (Fsp3) is 0.467. The van der Waals surface area contributed by atoms with Gasteiger partial charge in [0.25, 0.3) is 0 Å². The van der Waals surface area contributed by atoms with Crippen LogP contribution >= 0.6 is 22.7 Å². The van der Waals surface area contributed by atoms with Gasteiger partial charge >= 0.3 is 0 Å². The molecule has 1 atom stereocenters. The first kappa shape index (κ1) is 13.3. The first-order valence-corrected chi connectivity index (χ1v) is 8.58. The molecule has 2 aromatic rings. The third-order valence-electron chi connectivity index (χ3n) is 3.68. The highest BCUT2D eigenvalue weighted by Crippen LogP contribution is 2.29. The first-order valence-electron chi connectivity index (χ1n) is 6.82. The van der Waals surface area contributed by atoms with Crippen LogP contribution in [0.3, 0.4) is 0 Å². The Morgan fingerprint density at radius 1 is 1.42 bits per heavy atom. The quantitative estimate of drug-likeness (QED) is 0.907. The zero-order valence-electron chi connectivity index (χ0n) is 11.3. The molecular weight excluding hydrogens is 272 g/mol. The smallest absolute Gasteiger partial charge is 0.0351 e. The largest absolute Gasteiger partial charge is 0.312 e. The van der Waals surface area contributed by atoms with Gasteiger partial charge in [0, 0.05) is 28.4 Å². The minimum Gasteiger partial charge on any atom is -0.312 e. The van der Waals surface area contributed by atoms with Gasteiger partial charge in [0.15, 0.2) is 0 Å². The van der Waals surface area contributed by atoms with Gasteiger partial charge in [0.1, 0.15) is 0 Å². The highest BCUT2D eigenvalue weighted by Gasteiger charge is 2.18. The molecule has 0 aliphatic carbocycles. The van der Waals surface area contributed by atoms with Crippen LogP contribution in [0, 0.1) is 5.92 Å². The Kier molecular flexibility index (Phi) is 4.33. The van der Waals surface area contributed by atoms with E-state index in [1.165, 1.54) is 34.8 Å². The monoisotopic (exact) mass is 292 g/mol. The van der Waals surface area contributed by atoms with E-state index >= 15 is 0 Å². The molecule has 1 fully saturated rings. The summed E-state index contributed by atoms with van der Waals surface area (Å²) in [6, 6.07) is 6.63. The lowest BCUT2D eigenvalue weighted by Crippen LogP contribution is -2.24. The van der Waals surface area contributed by atoms with Gasteiger partial charge in [-0.05, 0) is 55.4 Å². The SMILES string of the molecule is CN1CCC(CNCc2cc(-c3cccs3)cs2)C1. The molecule has 3 heterocycles. The molecule has 0 bridgehead atoms. The number of hydrogen-bond acceptors (Lipinski definition) is 4. The molecule has 1 aliphatic rings. The zero-order chi connectivity index (χ0) is 13.1. The van der Waals surface area contributed by atoms with E-state index in [4.69, 9.17) is 0 Å². The van der Waals surface area contributed by atoms with Crippen molar-refractivity contribution in [3.63, 3.8) is 0 Å². The van der Waals surface area contributed by atoms with Crippen LogP contribution in [0.25, 0.3) is 10.4 Å². The van der Waals surface area contributed by atoms with Gasteiger partial charge < -0.3 is 10.2 Å². The fourth-order valence-electron chi connectivity index (χ4n) is 2.64. The van der Waals surface area contributed by atoms with Crippen LogP contribution in [-0.2, 0) is 6.54 Å². The molecule has 0 amide bonds. The second kappa shape index (κ2) is 6.18. The van der Waals surface area contributed by atoms with Crippen LogP contribution in [0.15, 0.2) is 29.0 Å². The summed E-state index contributed by atoms with van der Waals surface area (Å²) < 4.78 is 0. The van der Waals surface area contributed by atoms with Crippen molar-refractivity contribution in [2.75, 3.05) is 26.7 Å². The molecule has 1 N–H and O–H groups in total. The maximum atomic E-state index is 3.61. The Labute approximate surface area is 123 Å². The summed E-state index contributed by atoms with van der Waals surface area (Å²) in [6.07, 6.45) is 1.34. The Morgan fingerprint density at radius 3 is 3.11 bits per heavy atom. The Morgan fingerprint density at radius 2 is 2.37 bits per heavy atom. The normalized spacial score (nSPS) is 20.2. The predicted octanol–water partition coefficient (Wildman–Crippen LogP) is 3.52. The van der Waals surface area contributed by atoms with Gasteiger partial charge in [0.2, 0.25) is 0 Å². The third kappa shape index (κ3) is 3.45.